The summed E-state index contributed by atoms with van der Waals surface area (Å²) in [7, 11) is 0. The van der Waals surface area contributed by atoms with Crippen LogP contribution in [0.3, 0.4) is 0 Å². The second-order valence-electron chi connectivity index (χ2n) is 9.09. The summed E-state index contributed by atoms with van der Waals surface area (Å²) in [4.78, 5) is 32.6. The Morgan fingerprint density at radius 2 is 2.03 bits per heavy atom. The summed E-state index contributed by atoms with van der Waals surface area (Å²) in [5.41, 5.74) is 8.99. The van der Waals surface area contributed by atoms with E-state index in [0.29, 0.717) is 49.9 Å². The third-order valence-corrected chi connectivity index (χ3v) is 7.65. The molecule has 12 heteroatoms. The average molecular weight is 510 g/mol. The van der Waals surface area contributed by atoms with Gasteiger partial charge in [-0.05, 0) is 31.5 Å². The van der Waals surface area contributed by atoms with E-state index in [1.165, 1.54) is 6.26 Å². The number of carbonyl (C=O) groups is 1. The highest BCUT2D eigenvalue weighted by Crippen LogP contribution is 2.44. The molecule has 2 fully saturated rings. The summed E-state index contributed by atoms with van der Waals surface area (Å²) >= 11 is 1.55. The Balaban J connectivity index is 1.49. The predicted molar refractivity (Wildman–Crippen MR) is 136 cm³/mol. The normalized spacial score (nSPS) is 22.3. The van der Waals surface area contributed by atoms with Gasteiger partial charge < -0.3 is 30.1 Å². The van der Waals surface area contributed by atoms with Crippen LogP contribution in [0.5, 0.6) is 0 Å². The first-order chi connectivity index (χ1) is 17.5. The number of thiazole rings is 1. The number of anilines is 3. The number of hydrogen-bond donors (Lipinski definition) is 2. The molecule has 1 unspecified atom stereocenters. The van der Waals surface area contributed by atoms with Crippen molar-refractivity contribution < 1.29 is 19.4 Å². The van der Waals surface area contributed by atoms with E-state index < -0.39 is 18.2 Å². The molecule has 11 nitrogen and oxygen atoms in total. The summed E-state index contributed by atoms with van der Waals surface area (Å²) in [5, 5.41) is 11.2. The minimum absolute atomic E-state index is 0.231. The molecule has 3 aromatic heterocycles. The third kappa shape index (κ3) is 4.10. The minimum atomic E-state index is -0.619. The highest BCUT2D eigenvalue weighted by molar-refractivity contribution is 7.22. The first kappa shape index (κ1) is 23.0. The lowest BCUT2D eigenvalue weighted by Crippen LogP contribution is -2.36. The lowest BCUT2D eigenvalue weighted by Gasteiger charge is -2.30. The summed E-state index contributed by atoms with van der Waals surface area (Å²) in [5.74, 6) is 0.0281. The number of nitrogens with zero attached hydrogens (tertiary/aromatic N) is 6. The number of hydrogen-bond acceptors (Lipinski definition) is 11. The highest BCUT2D eigenvalue weighted by Gasteiger charge is 2.37. The molecule has 3 aliphatic rings. The Morgan fingerprint density at radius 1 is 1.19 bits per heavy atom. The SMILES string of the molecule is Cc1cc([C@@H]2OC=C(C(N)=O)N2c2cc3sc(N4CCOCC4)nc3nc2N2CCC(O)C2)ccn1. The van der Waals surface area contributed by atoms with Crippen LogP contribution >= 0.6 is 11.3 Å². The van der Waals surface area contributed by atoms with Gasteiger partial charge in [0.1, 0.15) is 12.0 Å². The van der Waals surface area contributed by atoms with Crippen molar-refractivity contribution in [1.29, 1.82) is 0 Å². The van der Waals surface area contributed by atoms with Gasteiger partial charge in [-0.3, -0.25) is 14.7 Å². The highest BCUT2D eigenvalue weighted by atomic mass is 32.1. The Bertz CT molecular complexity index is 1340. The predicted octanol–water partition coefficient (Wildman–Crippen LogP) is 1.66. The number of primary amides is 1. The largest absolute Gasteiger partial charge is 0.471 e. The molecule has 0 spiro atoms. The second-order valence-corrected chi connectivity index (χ2v) is 10.1. The molecule has 0 aromatic carbocycles. The van der Waals surface area contributed by atoms with Crippen molar-refractivity contribution >= 4 is 44.2 Å². The van der Waals surface area contributed by atoms with E-state index in [1.54, 1.807) is 22.4 Å². The lowest BCUT2D eigenvalue weighted by molar-refractivity contribution is -0.114. The van der Waals surface area contributed by atoms with Crippen LogP contribution in [0.4, 0.5) is 16.6 Å². The van der Waals surface area contributed by atoms with Gasteiger partial charge in [-0.2, -0.15) is 4.98 Å². The zero-order valence-electron chi connectivity index (χ0n) is 19.8. The summed E-state index contributed by atoms with van der Waals surface area (Å²) < 4.78 is 12.4. The molecule has 0 radical (unpaired) electrons. The van der Waals surface area contributed by atoms with Gasteiger partial charge in [-0.15, -0.1) is 0 Å². The fourth-order valence-electron chi connectivity index (χ4n) is 4.82. The molecule has 0 saturated carbocycles. The molecule has 2 atom stereocenters. The number of aromatic nitrogens is 3. The molecule has 188 valence electrons. The number of pyridine rings is 2. The monoisotopic (exact) mass is 509 g/mol. The molecular formula is C24H27N7O4S. The quantitative estimate of drug-likeness (QED) is 0.524. The third-order valence-electron chi connectivity index (χ3n) is 6.60. The Labute approximate surface area is 211 Å². The van der Waals surface area contributed by atoms with Crippen LogP contribution in [0.1, 0.15) is 23.9 Å². The molecular weight excluding hydrogens is 482 g/mol. The van der Waals surface area contributed by atoms with Gasteiger partial charge in [0.05, 0.1) is 29.7 Å². The maximum Gasteiger partial charge on any atom is 0.268 e. The smallest absolute Gasteiger partial charge is 0.268 e. The van der Waals surface area contributed by atoms with Crippen LogP contribution in [0, 0.1) is 6.92 Å². The van der Waals surface area contributed by atoms with Crippen LogP contribution in [-0.4, -0.2) is 71.5 Å². The van der Waals surface area contributed by atoms with Gasteiger partial charge in [0.2, 0.25) is 6.23 Å². The van der Waals surface area contributed by atoms with E-state index in [0.717, 1.165) is 34.2 Å². The number of aliphatic hydroxyl groups is 1. The van der Waals surface area contributed by atoms with Crippen molar-refractivity contribution in [2.24, 2.45) is 5.73 Å². The van der Waals surface area contributed by atoms with Gasteiger partial charge in [-0.25, -0.2) is 4.98 Å². The molecule has 3 aromatic rings. The molecule has 2 saturated heterocycles. The van der Waals surface area contributed by atoms with Crippen LogP contribution < -0.4 is 20.4 Å². The number of morpholine rings is 1. The van der Waals surface area contributed by atoms with E-state index in [9.17, 15) is 9.90 Å². The Hall–Kier alpha value is -3.48. The fourth-order valence-corrected chi connectivity index (χ4v) is 5.82. The van der Waals surface area contributed by atoms with Crippen molar-refractivity contribution in [3.05, 3.63) is 47.6 Å². The molecule has 1 amide bonds. The summed E-state index contributed by atoms with van der Waals surface area (Å²) in [6.07, 6.45) is 2.69. The number of amides is 1. The maximum atomic E-state index is 12.5. The topological polar surface area (TPSA) is 130 Å². The number of aliphatic hydroxyl groups excluding tert-OH is 1. The van der Waals surface area contributed by atoms with Crippen molar-refractivity contribution in [2.45, 2.75) is 25.7 Å². The molecule has 0 bridgehead atoms. The van der Waals surface area contributed by atoms with Crippen LogP contribution in [0.15, 0.2) is 36.4 Å². The van der Waals surface area contributed by atoms with Gasteiger partial charge in [-0.1, -0.05) is 11.3 Å². The molecule has 3 N–H and O–H groups in total. The van der Waals surface area contributed by atoms with E-state index in [2.05, 4.69) is 9.88 Å². The van der Waals surface area contributed by atoms with Gasteiger partial charge >= 0.3 is 0 Å². The number of β-amino-alcohol motifs (C(OH)–C–C–N with tert-alkyl or cyclic N) is 1. The fraction of sp³-hybridized carbons (Fsp3) is 0.417. The molecule has 36 heavy (non-hydrogen) atoms. The minimum Gasteiger partial charge on any atom is -0.471 e. The lowest BCUT2D eigenvalue weighted by atomic mass is 10.1. The van der Waals surface area contributed by atoms with E-state index in [4.69, 9.17) is 25.2 Å². The van der Waals surface area contributed by atoms with Crippen molar-refractivity contribution in [3.8, 4) is 0 Å². The molecule has 6 rings (SSSR count). The zero-order valence-corrected chi connectivity index (χ0v) is 20.6. The number of aryl methyl sites for hydroxylation is 1. The first-order valence-corrected chi connectivity index (χ1v) is 12.7. The van der Waals surface area contributed by atoms with E-state index >= 15 is 0 Å². The van der Waals surface area contributed by atoms with Crippen LogP contribution in [-0.2, 0) is 14.3 Å². The number of fused-ring (bicyclic) bond motifs is 1. The average Bonchev–Trinajstić information content (AvgIpc) is 3.61. The van der Waals surface area contributed by atoms with Gasteiger partial charge in [0.15, 0.2) is 16.6 Å². The van der Waals surface area contributed by atoms with Gasteiger partial charge in [0, 0.05) is 43.6 Å². The van der Waals surface area contributed by atoms with Crippen molar-refractivity contribution in [3.63, 3.8) is 0 Å². The maximum absolute atomic E-state index is 12.5. The summed E-state index contributed by atoms with van der Waals surface area (Å²) in [6.45, 7) is 5.85. The second kappa shape index (κ2) is 9.19. The van der Waals surface area contributed by atoms with Crippen molar-refractivity contribution in [1.82, 2.24) is 15.0 Å². The van der Waals surface area contributed by atoms with E-state index in [1.807, 2.05) is 30.0 Å². The summed E-state index contributed by atoms with van der Waals surface area (Å²) in [6, 6.07) is 5.78. The van der Waals surface area contributed by atoms with Crippen LogP contribution in [0.25, 0.3) is 10.3 Å². The van der Waals surface area contributed by atoms with Gasteiger partial charge in [0.25, 0.3) is 5.91 Å². The number of nitrogens with two attached hydrogens (primary N) is 1. The molecule has 6 heterocycles. The molecule has 3 aliphatic heterocycles. The Morgan fingerprint density at radius 3 is 2.75 bits per heavy atom. The van der Waals surface area contributed by atoms with E-state index in [-0.39, 0.29) is 5.70 Å². The zero-order chi connectivity index (χ0) is 24.8. The standard InChI is InChI=1S/C24H27N7O4S/c1-14-10-15(2-4-26-14)23-31(18(13-35-23)20(25)33)17-11-19-21(27-22(17)30-5-3-16(32)12-30)28-24(36-19)29-6-8-34-9-7-29/h2,4,10-11,13,16,23,32H,3,5-9,12H2,1H3,(H2,25,33)/t16?,23-/m0/s1. The number of rotatable bonds is 5. The van der Waals surface area contributed by atoms with Crippen LogP contribution in [0.2, 0.25) is 0 Å². The molecule has 0 aliphatic carbocycles. The number of ether oxygens (including phenoxy) is 2. The Kier molecular flexibility index (Phi) is 5.86. The first-order valence-electron chi connectivity index (χ1n) is 11.9. The van der Waals surface area contributed by atoms with Crippen molar-refractivity contribution in [2.75, 3.05) is 54.1 Å². The number of carbonyl (C=O) groups excluding carboxylic acids is 1.